The Morgan fingerprint density at radius 2 is 2.18 bits per heavy atom. The topological polar surface area (TPSA) is 67.5 Å². The molecule has 17 heavy (non-hydrogen) atoms. The second-order valence-corrected chi connectivity index (χ2v) is 3.86. The summed E-state index contributed by atoms with van der Waals surface area (Å²) in [7, 11) is 0. The molecular weight excluding hydrogens is 256 g/mol. The zero-order valence-corrected chi connectivity index (χ0v) is 9.24. The second kappa shape index (κ2) is 3.63. The van der Waals surface area contributed by atoms with E-state index in [4.69, 9.17) is 16.7 Å². The molecule has 0 aliphatic rings. The van der Waals surface area contributed by atoms with Gasteiger partial charge in [0, 0.05) is 11.8 Å². The quantitative estimate of drug-likeness (QED) is 0.840. The number of fused-ring (bicyclic) bond motifs is 1. The zero-order chi connectivity index (χ0) is 12.8. The molecule has 0 radical (unpaired) electrons. The van der Waals surface area contributed by atoms with Crippen molar-refractivity contribution in [3.63, 3.8) is 0 Å². The van der Waals surface area contributed by atoms with Crippen LogP contribution in [0.2, 0.25) is 0 Å². The largest absolute Gasteiger partial charge is 0.476 e. The predicted molar refractivity (Wildman–Crippen MR) is 54.4 cm³/mol. The van der Waals surface area contributed by atoms with Gasteiger partial charge in [-0.1, -0.05) is 0 Å². The number of aromatic carboxylic acids is 1. The van der Waals surface area contributed by atoms with Crippen molar-refractivity contribution in [1.29, 1.82) is 0 Å². The third kappa shape index (κ3) is 2.05. The normalized spacial score (nSPS) is 12.0. The highest BCUT2D eigenvalue weighted by atomic mass is 35.5. The van der Waals surface area contributed by atoms with Crippen LogP contribution in [0, 0.1) is 6.92 Å². The van der Waals surface area contributed by atoms with Crippen molar-refractivity contribution in [2.24, 2.45) is 0 Å². The van der Waals surface area contributed by atoms with Crippen LogP contribution in [0.1, 0.15) is 21.9 Å². The summed E-state index contributed by atoms with van der Waals surface area (Å²) >= 11 is 4.93. The third-order valence-electron chi connectivity index (χ3n) is 2.06. The highest BCUT2D eigenvalue weighted by Crippen LogP contribution is 2.32. The van der Waals surface area contributed by atoms with E-state index in [1.54, 1.807) is 0 Å². The summed E-state index contributed by atoms with van der Waals surface area (Å²) in [5, 5.41) is 8.59. The average Bonchev–Trinajstić information content (AvgIpc) is 2.58. The van der Waals surface area contributed by atoms with E-state index in [-0.39, 0.29) is 11.3 Å². The number of aromatic nitrogens is 3. The number of carbonyl (C=O) groups is 1. The molecule has 0 bridgehead atoms. The number of halogens is 3. The van der Waals surface area contributed by atoms with Gasteiger partial charge in [0.1, 0.15) is 5.69 Å². The van der Waals surface area contributed by atoms with Crippen LogP contribution < -0.4 is 0 Å². The zero-order valence-electron chi connectivity index (χ0n) is 8.49. The minimum atomic E-state index is -3.65. The van der Waals surface area contributed by atoms with Gasteiger partial charge in [0.2, 0.25) is 0 Å². The van der Waals surface area contributed by atoms with E-state index in [0.717, 1.165) is 16.6 Å². The number of hydrogen-bond donors (Lipinski definition) is 1. The molecule has 2 aromatic rings. The van der Waals surface area contributed by atoms with Gasteiger partial charge in [-0.15, -0.1) is 0 Å². The van der Waals surface area contributed by atoms with Gasteiger partial charge in [-0.05, 0) is 24.6 Å². The average molecular weight is 262 g/mol. The van der Waals surface area contributed by atoms with Crippen molar-refractivity contribution in [1.82, 2.24) is 14.6 Å². The van der Waals surface area contributed by atoms with Crippen molar-refractivity contribution < 1.29 is 18.7 Å². The first-order valence-corrected chi connectivity index (χ1v) is 4.85. The Balaban J connectivity index is 2.79. The monoisotopic (exact) mass is 261 g/mol. The molecule has 90 valence electrons. The van der Waals surface area contributed by atoms with Crippen LogP contribution in [0.3, 0.4) is 0 Å². The van der Waals surface area contributed by atoms with Gasteiger partial charge in [0.05, 0.1) is 0 Å². The maximum atomic E-state index is 13.1. The Morgan fingerprint density at radius 3 is 2.71 bits per heavy atom. The lowest BCUT2D eigenvalue weighted by Gasteiger charge is -2.10. The van der Waals surface area contributed by atoms with Crippen molar-refractivity contribution in [3.8, 4) is 0 Å². The molecule has 0 atom stereocenters. The van der Waals surface area contributed by atoms with Crippen LogP contribution in [-0.4, -0.2) is 25.7 Å². The van der Waals surface area contributed by atoms with Gasteiger partial charge < -0.3 is 5.11 Å². The van der Waals surface area contributed by atoms with Gasteiger partial charge in [-0.2, -0.15) is 13.9 Å². The first-order chi connectivity index (χ1) is 7.79. The lowest BCUT2D eigenvalue weighted by Crippen LogP contribution is -2.13. The number of aryl methyl sites for hydroxylation is 1. The summed E-state index contributed by atoms with van der Waals surface area (Å²) in [6.45, 7) is 1.50. The maximum Gasteiger partial charge on any atom is 0.364 e. The molecular formula is C9H6ClF2N3O2. The van der Waals surface area contributed by atoms with Crippen LogP contribution in [0.4, 0.5) is 8.78 Å². The number of carboxylic acids is 1. The van der Waals surface area contributed by atoms with Crippen molar-refractivity contribution in [2.75, 3.05) is 0 Å². The molecule has 0 saturated carbocycles. The molecule has 2 rings (SSSR count). The molecule has 0 spiro atoms. The molecule has 0 aliphatic carbocycles. The lowest BCUT2D eigenvalue weighted by atomic mass is 10.3. The molecule has 0 saturated heterocycles. The molecule has 0 unspecified atom stereocenters. The van der Waals surface area contributed by atoms with Crippen LogP contribution >= 0.6 is 11.6 Å². The number of nitrogens with zero attached hydrogens (tertiary/aromatic N) is 3. The Labute approximate surface area is 98.6 Å². The standard InChI is InChI=1S/C9H6ClF2N3O2/c1-4-2-6(9(10,11)12)15-7(13-4)3-5(14-15)8(16)17/h2-3H,1H3,(H,16,17). The summed E-state index contributed by atoms with van der Waals surface area (Å²) in [5.74, 6) is -1.32. The molecule has 0 fully saturated rings. The summed E-state index contributed by atoms with van der Waals surface area (Å²) in [5.41, 5.74) is -0.679. The minimum Gasteiger partial charge on any atom is -0.476 e. The molecule has 0 aromatic carbocycles. The highest BCUT2D eigenvalue weighted by Gasteiger charge is 2.32. The van der Waals surface area contributed by atoms with E-state index >= 15 is 0 Å². The maximum absolute atomic E-state index is 13.1. The molecule has 0 amide bonds. The van der Waals surface area contributed by atoms with E-state index in [2.05, 4.69) is 10.1 Å². The fourth-order valence-corrected chi connectivity index (χ4v) is 1.54. The summed E-state index contributed by atoms with van der Waals surface area (Å²) < 4.78 is 26.9. The molecule has 5 nitrogen and oxygen atoms in total. The first-order valence-electron chi connectivity index (χ1n) is 4.47. The Morgan fingerprint density at radius 1 is 1.53 bits per heavy atom. The van der Waals surface area contributed by atoms with E-state index < -0.39 is 17.0 Å². The summed E-state index contributed by atoms with van der Waals surface area (Å²) in [4.78, 5) is 14.6. The van der Waals surface area contributed by atoms with Crippen molar-refractivity contribution in [2.45, 2.75) is 12.3 Å². The molecule has 0 aliphatic heterocycles. The van der Waals surface area contributed by atoms with Crippen LogP contribution in [0.15, 0.2) is 12.1 Å². The van der Waals surface area contributed by atoms with E-state index in [9.17, 15) is 13.6 Å². The summed E-state index contributed by atoms with van der Waals surface area (Å²) in [6, 6.07) is 2.15. The van der Waals surface area contributed by atoms with Gasteiger partial charge in [-0.25, -0.2) is 14.3 Å². The van der Waals surface area contributed by atoms with Crippen molar-refractivity contribution in [3.05, 3.63) is 29.2 Å². The van der Waals surface area contributed by atoms with E-state index in [1.807, 2.05) is 0 Å². The highest BCUT2D eigenvalue weighted by molar-refractivity contribution is 6.21. The lowest BCUT2D eigenvalue weighted by molar-refractivity contribution is 0.0686. The number of rotatable bonds is 2. The number of alkyl halides is 3. The fraction of sp³-hybridized carbons (Fsp3) is 0.222. The molecule has 8 heteroatoms. The van der Waals surface area contributed by atoms with Gasteiger partial charge in [0.15, 0.2) is 11.3 Å². The second-order valence-electron chi connectivity index (χ2n) is 3.39. The number of carboxylic acid groups (broad SMARTS) is 1. The Bertz CT molecular complexity index is 606. The third-order valence-corrected chi connectivity index (χ3v) is 2.26. The van der Waals surface area contributed by atoms with Gasteiger partial charge in [-0.3, -0.25) is 0 Å². The number of hydrogen-bond acceptors (Lipinski definition) is 3. The molecule has 2 aromatic heterocycles. The SMILES string of the molecule is Cc1cc(C(F)(F)Cl)n2nc(C(=O)O)cc2n1. The van der Waals surface area contributed by atoms with Crippen LogP contribution in [-0.2, 0) is 5.38 Å². The smallest absolute Gasteiger partial charge is 0.364 e. The Hall–Kier alpha value is -1.76. The summed E-state index contributed by atoms with van der Waals surface area (Å²) in [6.07, 6.45) is 0. The van der Waals surface area contributed by atoms with Gasteiger partial charge >= 0.3 is 11.4 Å². The molecule has 2 heterocycles. The fourth-order valence-electron chi connectivity index (χ4n) is 1.41. The predicted octanol–water partition coefficient (Wildman–Crippen LogP) is 2.02. The van der Waals surface area contributed by atoms with E-state index in [0.29, 0.717) is 5.69 Å². The molecule has 1 N–H and O–H groups in total. The van der Waals surface area contributed by atoms with Gasteiger partial charge in [0.25, 0.3) is 0 Å². The minimum absolute atomic E-state index is 0.0118. The van der Waals surface area contributed by atoms with Crippen LogP contribution in [0.5, 0.6) is 0 Å². The first kappa shape index (κ1) is 11.7. The Kier molecular flexibility index (Phi) is 2.50. The van der Waals surface area contributed by atoms with Crippen LogP contribution in [0.25, 0.3) is 5.65 Å². The van der Waals surface area contributed by atoms with E-state index in [1.165, 1.54) is 6.92 Å². The van der Waals surface area contributed by atoms with Crippen molar-refractivity contribution >= 4 is 23.2 Å².